The van der Waals surface area contributed by atoms with Crippen LogP contribution in [0.15, 0.2) is 71.3 Å². The van der Waals surface area contributed by atoms with Crippen LogP contribution < -0.4 is 5.32 Å². The van der Waals surface area contributed by atoms with E-state index in [1.54, 1.807) is 36.4 Å². The minimum Gasteiger partial charge on any atom is -0.467 e. The highest BCUT2D eigenvalue weighted by molar-refractivity contribution is 6.31. The number of aromatic nitrogens is 4. The zero-order valence-electron chi connectivity index (χ0n) is 20.6. The van der Waals surface area contributed by atoms with Gasteiger partial charge in [-0.25, -0.2) is 4.39 Å². The van der Waals surface area contributed by atoms with Crippen LogP contribution in [0, 0.1) is 5.82 Å². The largest absolute Gasteiger partial charge is 0.467 e. The fourth-order valence-electron chi connectivity index (χ4n) is 3.68. The summed E-state index contributed by atoms with van der Waals surface area (Å²) in [4.78, 5) is 29.7. The maximum Gasteiger partial charge on any atom is 0.251 e. The van der Waals surface area contributed by atoms with Crippen LogP contribution in [-0.4, -0.2) is 42.5 Å². The van der Waals surface area contributed by atoms with E-state index in [1.165, 1.54) is 35.4 Å². The number of nitrogens with one attached hydrogen (secondary N) is 1. The lowest BCUT2D eigenvalue weighted by Crippen LogP contribution is -2.49. The van der Waals surface area contributed by atoms with Crippen LogP contribution in [0.1, 0.15) is 38.1 Å². The minimum absolute atomic E-state index is 0.0287. The van der Waals surface area contributed by atoms with E-state index in [0.717, 1.165) is 4.80 Å². The Kier molecular flexibility index (Phi) is 7.68. The number of hydrogen-bond donors (Lipinski definition) is 1. The molecule has 0 aliphatic heterocycles. The maximum absolute atomic E-state index is 13.7. The Balaban J connectivity index is 1.67. The second kappa shape index (κ2) is 10.9. The molecule has 0 unspecified atom stereocenters. The molecule has 4 rings (SSSR count). The van der Waals surface area contributed by atoms with E-state index in [1.807, 2.05) is 20.8 Å². The standard InChI is InChI=1S/C26H26ClFN6O3/c1-26(2,3)29-25(36)23(21-9-6-14-37-21)33(15-18-7-4-5-8-20(18)27)22(35)16-34-31-24(30-32-34)17-10-12-19(28)13-11-17/h4-14,23H,15-16H2,1-3H3,(H,29,36)/t23-/m0/s1. The Morgan fingerprint density at radius 1 is 1.11 bits per heavy atom. The molecule has 0 aliphatic rings. The first-order valence-corrected chi connectivity index (χ1v) is 11.9. The molecule has 0 radical (unpaired) electrons. The molecule has 4 aromatic rings. The smallest absolute Gasteiger partial charge is 0.251 e. The van der Waals surface area contributed by atoms with E-state index < -0.39 is 23.4 Å². The van der Waals surface area contributed by atoms with Crippen molar-refractivity contribution in [2.75, 3.05) is 0 Å². The third kappa shape index (κ3) is 6.59. The Morgan fingerprint density at radius 2 is 1.84 bits per heavy atom. The zero-order chi connectivity index (χ0) is 26.6. The molecule has 2 amide bonds. The van der Waals surface area contributed by atoms with Gasteiger partial charge in [-0.2, -0.15) is 4.80 Å². The van der Waals surface area contributed by atoms with Crippen molar-refractivity contribution in [1.82, 2.24) is 30.4 Å². The summed E-state index contributed by atoms with van der Waals surface area (Å²) in [5.74, 6) is -0.743. The lowest BCUT2D eigenvalue weighted by molar-refractivity contribution is -0.143. The Bertz CT molecular complexity index is 1370. The summed E-state index contributed by atoms with van der Waals surface area (Å²) < 4.78 is 18.9. The van der Waals surface area contributed by atoms with Gasteiger partial charge >= 0.3 is 0 Å². The van der Waals surface area contributed by atoms with Gasteiger partial charge in [0.25, 0.3) is 5.91 Å². The average molecular weight is 525 g/mol. The fraction of sp³-hybridized carbons (Fsp3) is 0.269. The van der Waals surface area contributed by atoms with Crippen molar-refractivity contribution in [3.63, 3.8) is 0 Å². The molecule has 192 valence electrons. The molecule has 1 N–H and O–H groups in total. The molecule has 11 heteroatoms. The molecule has 9 nitrogen and oxygen atoms in total. The SMILES string of the molecule is CC(C)(C)NC(=O)[C@H](c1ccco1)N(Cc1ccccc1Cl)C(=O)Cn1nnc(-c2ccc(F)cc2)n1. The Labute approximate surface area is 218 Å². The molecule has 0 saturated heterocycles. The van der Waals surface area contributed by atoms with E-state index in [0.29, 0.717) is 21.9 Å². The van der Waals surface area contributed by atoms with Crippen molar-refractivity contribution >= 4 is 23.4 Å². The van der Waals surface area contributed by atoms with E-state index in [4.69, 9.17) is 16.0 Å². The third-order valence-corrected chi connectivity index (χ3v) is 5.69. The molecule has 1 atom stereocenters. The molecule has 2 aromatic heterocycles. The monoisotopic (exact) mass is 524 g/mol. The second-order valence-corrected chi connectivity index (χ2v) is 9.83. The number of carbonyl (C=O) groups excluding carboxylic acids is 2. The van der Waals surface area contributed by atoms with Crippen LogP contribution in [0.4, 0.5) is 4.39 Å². The number of carbonyl (C=O) groups is 2. The zero-order valence-corrected chi connectivity index (χ0v) is 21.3. The van der Waals surface area contributed by atoms with Gasteiger partial charge in [0, 0.05) is 22.7 Å². The molecular weight excluding hydrogens is 499 g/mol. The van der Waals surface area contributed by atoms with E-state index in [2.05, 4.69) is 20.7 Å². The number of tetrazole rings is 1. The van der Waals surface area contributed by atoms with Crippen molar-refractivity contribution < 1.29 is 18.4 Å². The Hall–Kier alpha value is -4.05. The van der Waals surface area contributed by atoms with Crippen molar-refractivity contribution in [3.8, 4) is 11.4 Å². The van der Waals surface area contributed by atoms with Gasteiger partial charge in [-0.05, 0) is 74.0 Å². The summed E-state index contributed by atoms with van der Waals surface area (Å²) >= 11 is 6.40. The number of rotatable bonds is 8. The summed E-state index contributed by atoms with van der Waals surface area (Å²) in [6, 6.07) is 14.9. The predicted molar refractivity (Wildman–Crippen MR) is 135 cm³/mol. The van der Waals surface area contributed by atoms with Gasteiger partial charge in [-0.15, -0.1) is 10.2 Å². The molecule has 0 saturated carbocycles. The van der Waals surface area contributed by atoms with E-state index in [9.17, 15) is 14.0 Å². The molecule has 0 aliphatic carbocycles. The lowest BCUT2D eigenvalue weighted by Gasteiger charge is -2.32. The first-order valence-electron chi connectivity index (χ1n) is 11.5. The summed E-state index contributed by atoms with van der Waals surface area (Å²) in [5, 5.41) is 15.6. The summed E-state index contributed by atoms with van der Waals surface area (Å²) in [5.41, 5.74) is 0.640. The summed E-state index contributed by atoms with van der Waals surface area (Å²) in [7, 11) is 0. The van der Waals surface area contributed by atoms with Gasteiger partial charge < -0.3 is 14.6 Å². The minimum atomic E-state index is -1.09. The molecule has 0 fully saturated rings. The topological polar surface area (TPSA) is 106 Å². The second-order valence-electron chi connectivity index (χ2n) is 9.42. The maximum atomic E-state index is 13.7. The number of furan rings is 1. The van der Waals surface area contributed by atoms with E-state index in [-0.39, 0.29) is 24.7 Å². The van der Waals surface area contributed by atoms with Gasteiger partial charge in [0.2, 0.25) is 11.7 Å². The number of amides is 2. The number of nitrogens with zero attached hydrogens (tertiary/aromatic N) is 5. The van der Waals surface area contributed by atoms with Gasteiger partial charge in [-0.1, -0.05) is 29.8 Å². The quantitative estimate of drug-likeness (QED) is 0.366. The Morgan fingerprint density at radius 3 is 2.49 bits per heavy atom. The first kappa shape index (κ1) is 26.0. The number of benzene rings is 2. The fourth-order valence-corrected chi connectivity index (χ4v) is 3.87. The molecular formula is C26H26ClFN6O3. The predicted octanol–water partition coefficient (Wildman–Crippen LogP) is 4.41. The van der Waals surface area contributed by atoms with Gasteiger partial charge in [-0.3, -0.25) is 9.59 Å². The average Bonchev–Trinajstić information content (AvgIpc) is 3.52. The van der Waals surface area contributed by atoms with Crippen LogP contribution in [0.3, 0.4) is 0 Å². The summed E-state index contributed by atoms with van der Waals surface area (Å²) in [6.45, 7) is 5.27. The van der Waals surface area contributed by atoms with E-state index >= 15 is 0 Å². The molecule has 37 heavy (non-hydrogen) atoms. The van der Waals surface area contributed by atoms with Gasteiger partial charge in [0.1, 0.15) is 18.1 Å². The highest BCUT2D eigenvalue weighted by Gasteiger charge is 2.36. The van der Waals surface area contributed by atoms with Crippen molar-refractivity contribution in [1.29, 1.82) is 0 Å². The van der Waals surface area contributed by atoms with Crippen molar-refractivity contribution in [3.05, 3.63) is 89.1 Å². The van der Waals surface area contributed by atoms with Crippen molar-refractivity contribution in [2.45, 2.75) is 45.4 Å². The number of halogens is 2. The normalized spacial score (nSPS) is 12.2. The van der Waals surface area contributed by atoms with Crippen LogP contribution in [-0.2, 0) is 22.7 Å². The lowest BCUT2D eigenvalue weighted by atomic mass is 10.1. The van der Waals surface area contributed by atoms with Crippen LogP contribution in [0.25, 0.3) is 11.4 Å². The van der Waals surface area contributed by atoms with Gasteiger partial charge in [0.05, 0.1) is 6.26 Å². The molecule has 0 spiro atoms. The third-order valence-electron chi connectivity index (χ3n) is 5.32. The highest BCUT2D eigenvalue weighted by Crippen LogP contribution is 2.27. The molecule has 2 heterocycles. The number of hydrogen-bond acceptors (Lipinski definition) is 6. The van der Waals surface area contributed by atoms with Gasteiger partial charge in [0.15, 0.2) is 6.04 Å². The molecule has 2 aromatic carbocycles. The summed E-state index contributed by atoms with van der Waals surface area (Å²) in [6.07, 6.45) is 1.44. The molecule has 0 bridgehead atoms. The first-order chi connectivity index (χ1) is 17.6. The van der Waals surface area contributed by atoms with Crippen LogP contribution in [0.2, 0.25) is 5.02 Å². The van der Waals surface area contributed by atoms with Crippen LogP contribution in [0.5, 0.6) is 0 Å². The van der Waals surface area contributed by atoms with Crippen molar-refractivity contribution in [2.24, 2.45) is 0 Å². The highest BCUT2D eigenvalue weighted by atomic mass is 35.5. The van der Waals surface area contributed by atoms with Crippen LogP contribution >= 0.6 is 11.6 Å².